The molecule has 1 aliphatic rings. The standard InChI is InChI=1S/C24H20N4O3/c25-20-21(23(30)22(20)29)28-10-9-15-6-5-14(11-17(15)13-28)12-26-24(31)19-8-7-16-3-1-2-4-18(16)27-19/h1-8,11H,9-10,12-13,25H2,(H,26,31). The summed E-state index contributed by atoms with van der Waals surface area (Å²) in [7, 11) is 0. The van der Waals surface area contributed by atoms with E-state index in [0.29, 0.717) is 31.0 Å². The Kier molecular flexibility index (Phi) is 4.51. The molecule has 0 saturated carbocycles. The van der Waals surface area contributed by atoms with E-state index in [4.69, 9.17) is 5.73 Å². The number of rotatable bonds is 4. The fourth-order valence-electron chi connectivity index (χ4n) is 4.09. The van der Waals surface area contributed by atoms with Gasteiger partial charge in [-0.25, -0.2) is 4.98 Å². The molecule has 0 atom stereocenters. The summed E-state index contributed by atoms with van der Waals surface area (Å²) < 4.78 is 0. The van der Waals surface area contributed by atoms with E-state index in [9.17, 15) is 14.4 Å². The average Bonchev–Trinajstić information content (AvgIpc) is 2.81. The number of hydrogen-bond donors (Lipinski definition) is 2. The number of para-hydroxylation sites is 1. The van der Waals surface area contributed by atoms with E-state index in [2.05, 4.69) is 10.3 Å². The molecular weight excluding hydrogens is 392 g/mol. The van der Waals surface area contributed by atoms with Gasteiger partial charge in [0.05, 0.1) is 5.52 Å². The molecule has 2 heterocycles. The first-order valence-corrected chi connectivity index (χ1v) is 10.1. The van der Waals surface area contributed by atoms with Gasteiger partial charge in [0.1, 0.15) is 17.1 Å². The van der Waals surface area contributed by atoms with Crippen LogP contribution >= 0.6 is 0 Å². The molecule has 31 heavy (non-hydrogen) atoms. The quantitative estimate of drug-likeness (QED) is 0.496. The van der Waals surface area contributed by atoms with Crippen molar-refractivity contribution in [2.45, 2.75) is 19.5 Å². The van der Waals surface area contributed by atoms with Crippen LogP contribution in [0, 0.1) is 0 Å². The van der Waals surface area contributed by atoms with Gasteiger partial charge in [-0.05, 0) is 35.2 Å². The summed E-state index contributed by atoms with van der Waals surface area (Å²) in [5.41, 5.74) is 9.37. The molecular formula is C24H20N4O3. The van der Waals surface area contributed by atoms with Crippen molar-refractivity contribution in [2.24, 2.45) is 0 Å². The molecule has 0 aliphatic carbocycles. The highest BCUT2D eigenvalue weighted by Gasteiger charge is 2.26. The van der Waals surface area contributed by atoms with Crippen LogP contribution in [0.4, 0.5) is 11.4 Å². The van der Waals surface area contributed by atoms with Crippen molar-refractivity contribution in [1.82, 2.24) is 10.3 Å². The number of pyridine rings is 1. The van der Waals surface area contributed by atoms with Crippen LogP contribution in [0.1, 0.15) is 27.2 Å². The van der Waals surface area contributed by atoms with Crippen LogP contribution in [0.3, 0.4) is 0 Å². The van der Waals surface area contributed by atoms with Gasteiger partial charge in [0.25, 0.3) is 16.8 Å². The zero-order valence-electron chi connectivity index (χ0n) is 16.7. The smallest absolute Gasteiger partial charge is 0.270 e. The van der Waals surface area contributed by atoms with Gasteiger partial charge in [-0.2, -0.15) is 0 Å². The number of fused-ring (bicyclic) bond motifs is 2. The molecule has 0 spiro atoms. The third-order valence-electron chi connectivity index (χ3n) is 5.80. The van der Waals surface area contributed by atoms with Crippen LogP contribution in [0.25, 0.3) is 10.9 Å². The summed E-state index contributed by atoms with van der Waals surface area (Å²) in [6.45, 7) is 1.52. The maximum absolute atomic E-state index is 12.6. The van der Waals surface area contributed by atoms with Crippen molar-refractivity contribution < 1.29 is 4.79 Å². The predicted octanol–water partition coefficient (Wildman–Crippen LogP) is 1.91. The van der Waals surface area contributed by atoms with Gasteiger partial charge in [-0.3, -0.25) is 14.4 Å². The number of nitrogen functional groups attached to an aromatic ring is 1. The second-order valence-corrected chi connectivity index (χ2v) is 7.77. The molecule has 1 amide bonds. The first kappa shape index (κ1) is 19.0. The highest BCUT2D eigenvalue weighted by molar-refractivity contribution is 5.94. The van der Waals surface area contributed by atoms with Crippen molar-refractivity contribution >= 4 is 28.2 Å². The predicted molar refractivity (Wildman–Crippen MR) is 120 cm³/mol. The number of nitrogens with zero attached hydrogens (tertiary/aromatic N) is 2. The Labute approximate surface area is 177 Å². The first-order valence-electron chi connectivity index (χ1n) is 10.1. The number of hydrogen-bond acceptors (Lipinski definition) is 6. The Morgan fingerprint density at radius 1 is 1.03 bits per heavy atom. The fraction of sp³-hybridized carbons (Fsp3) is 0.167. The maximum atomic E-state index is 12.6. The molecule has 0 bridgehead atoms. The largest absolute Gasteiger partial charge is 0.394 e. The van der Waals surface area contributed by atoms with Gasteiger partial charge in [0.2, 0.25) is 0 Å². The van der Waals surface area contributed by atoms with E-state index < -0.39 is 10.9 Å². The minimum absolute atomic E-state index is 0.0553. The molecule has 1 aromatic heterocycles. The van der Waals surface area contributed by atoms with Crippen molar-refractivity contribution in [3.05, 3.63) is 97.4 Å². The topological polar surface area (TPSA) is 105 Å². The molecule has 0 saturated heterocycles. The molecule has 1 aliphatic heterocycles. The second kappa shape index (κ2) is 7.36. The summed E-state index contributed by atoms with van der Waals surface area (Å²) in [6, 6.07) is 17.3. The Balaban J connectivity index is 1.30. The van der Waals surface area contributed by atoms with Gasteiger partial charge in [-0.15, -0.1) is 0 Å². The SMILES string of the molecule is Nc1c(N2CCc3ccc(CNC(=O)c4ccc5ccccc5n4)cc3C2)c(=O)c1=O. The molecule has 3 aromatic carbocycles. The number of nitrogens with one attached hydrogen (secondary N) is 1. The Morgan fingerprint density at radius 2 is 1.87 bits per heavy atom. The lowest BCUT2D eigenvalue weighted by Gasteiger charge is -2.32. The molecule has 0 fully saturated rings. The molecule has 5 rings (SSSR count). The molecule has 3 N–H and O–H groups in total. The molecule has 0 radical (unpaired) electrons. The summed E-state index contributed by atoms with van der Waals surface area (Å²) in [5, 5.41) is 3.91. The van der Waals surface area contributed by atoms with E-state index in [-0.39, 0.29) is 11.6 Å². The van der Waals surface area contributed by atoms with Crippen LogP contribution in [-0.2, 0) is 19.5 Å². The highest BCUT2D eigenvalue weighted by Crippen LogP contribution is 2.26. The normalized spacial score (nSPS) is 13.4. The first-order chi connectivity index (χ1) is 15.0. The van der Waals surface area contributed by atoms with E-state index in [1.165, 1.54) is 5.56 Å². The summed E-state index contributed by atoms with van der Waals surface area (Å²) in [5.74, 6) is -0.235. The number of nitrogens with two attached hydrogens (primary N) is 1. The average molecular weight is 412 g/mol. The van der Waals surface area contributed by atoms with Gasteiger partial charge in [0, 0.05) is 25.0 Å². The Bertz CT molecular complexity index is 1400. The molecule has 154 valence electrons. The third kappa shape index (κ3) is 3.34. The van der Waals surface area contributed by atoms with E-state index >= 15 is 0 Å². The second-order valence-electron chi connectivity index (χ2n) is 7.77. The van der Waals surface area contributed by atoms with Crippen LogP contribution < -0.4 is 26.8 Å². The minimum atomic E-state index is -0.598. The van der Waals surface area contributed by atoms with Gasteiger partial charge < -0.3 is 16.0 Å². The summed E-state index contributed by atoms with van der Waals surface area (Å²) in [4.78, 5) is 42.2. The third-order valence-corrected chi connectivity index (χ3v) is 5.80. The van der Waals surface area contributed by atoms with Crippen LogP contribution in [0.5, 0.6) is 0 Å². The zero-order valence-corrected chi connectivity index (χ0v) is 16.7. The number of carbonyl (C=O) groups is 1. The lowest BCUT2D eigenvalue weighted by molar-refractivity contribution is 0.0946. The number of carbonyl (C=O) groups excluding carboxylic acids is 1. The molecule has 7 nitrogen and oxygen atoms in total. The van der Waals surface area contributed by atoms with Crippen molar-refractivity contribution in [1.29, 1.82) is 0 Å². The fourth-order valence-corrected chi connectivity index (χ4v) is 4.09. The van der Waals surface area contributed by atoms with E-state index in [1.807, 2.05) is 53.4 Å². The molecule has 7 heteroatoms. The van der Waals surface area contributed by atoms with Gasteiger partial charge in [0.15, 0.2) is 0 Å². The van der Waals surface area contributed by atoms with E-state index in [0.717, 1.165) is 28.5 Å². The Morgan fingerprint density at radius 3 is 2.71 bits per heavy atom. The van der Waals surface area contributed by atoms with Crippen molar-refractivity contribution in [3.63, 3.8) is 0 Å². The van der Waals surface area contributed by atoms with Crippen LogP contribution in [0.15, 0.2) is 64.2 Å². The minimum Gasteiger partial charge on any atom is -0.394 e. The summed E-state index contributed by atoms with van der Waals surface area (Å²) in [6.07, 6.45) is 0.765. The Hall–Kier alpha value is -4.00. The van der Waals surface area contributed by atoms with Crippen LogP contribution in [-0.4, -0.2) is 17.4 Å². The van der Waals surface area contributed by atoms with Gasteiger partial charge in [-0.1, -0.05) is 42.5 Å². The molecule has 4 aromatic rings. The lowest BCUT2D eigenvalue weighted by Crippen LogP contribution is -2.44. The summed E-state index contributed by atoms with van der Waals surface area (Å²) >= 11 is 0. The number of amides is 1. The highest BCUT2D eigenvalue weighted by atomic mass is 16.2. The molecule has 0 unspecified atom stereocenters. The lowest BCUT2D eigenvalue weighted by atomic mass is 9.96. The number of benzene rings is 2. The van der Waals surface area contributed by atoms with E-state index in [1.54, 1.807) is 6.07 Å². The maximum Gasteiger partial charge on any atom is 0.270 e. The number of anilines is 2. The van der Waals surface area contributed by atoms with Crippen molar-refractivity contribution in [2.75, 3.05) is 17.2 Å². The monoisotopic (exact) mass is 412 g/mol. The van der Waals surface area contributed by atoms with Crippen LogP contribution in [0.2, 0.25) is 0 Å². The van der Waals surface area contributed by atoms with Gasteiger partial charge >= 0.3 is 0 Å². The number of aromatic nitrogens is 1. The van der Waals surface area contributed by atoms with Crippen molar-refractivity contribution in [3.8, 4) is 0 Å². The zero-order chi connectivity index (χ0) is 21.5.